The van der Waals surface area contributed by atoms with Gasteiger partial charge in [-0.1, -0.05) is 35.0 Å². The highest BCUT2D eigenvalue weighted by molar-refractivity contribution is 6.33. The molecule has 9 heteroatoms. The first-order chi connectivity index (χ1) is 14.5. The summed E-state index contributed by atoms with van der Waals surface area (Å²) in [6.07, 6.45) is 0. The number of carbonyl (C=O) groups is 2. The zero-order valence-corrected chi connectivity index (χ0v) is 17.7. The molecule has 160 valence electrons. The number of halogens is 1. The van der Waals surface area contributed by atoms with Crippen LogP contribution in [0.25, 0.3) is 11.3 Å². The average Bonchev–Trinajstić information content (AvgIpc) is 3.16. The third-order valence-electron chi connectivity index (χ3n) is 5.59. The van der Waals surface area contributed by atoms with Gasteiger partial charge >= 0.3 is 0 Å². The molecule has 2 aromatic rings. The van der Waals surface area contributed by atoms with Crippen LogP contribution in [0.4, 0.5) is 0 Å². The first-order valence-electron chi connectivity index (χ1n) is 10.1. The summed E-state index contributed by atoms with van der Waals surface area (Å²) < 4.78 is 10.6. The summed E-state index contributed by atoms with van der Waals surface area (Å²) in [5, 5.41) is 4.61. The van der Waals surface area contributed by atoms with Crippen molar-refractivity contribution in [3.05, 3.63) is 40.6 Å². The SMILES string of the molecule is Cc1onc(-c2ccccc2Cl)c1C(=O)N1CCN(CC(=O)N2CCOCC2)CC1. The van der Waals surface area contributed by atoms with E-state index in [4.69, 9.17) is 20.9 Å². The lowest BCUT2D eigenvalue weighted by atomic mass is 10.0. The standard InChI is InChI=1S/C21H25ClN4O4/c1-15-19(20(23-30-15)16-4-2-3-5-17(16)22)21(28)26-8-6-24(7-9-26)14-18(27)25-10-12-29-13-11-25/h2-5H,6-14H2,1H3. The molecule has 0 unspecified atom stereocenters. The van der Waals surface area contributed by atoms with Gasteiger partial charge in [0, 0.05) is 44.8 Å². The minimum Gasteiger partial charge on any atom is -0.378 e. The van der Waals surface area contributed by atoms with Crippen LogP contribution in [-0.2, 0) is 9.53 Å². The fourth-order valence-corrected chi connectivity index (χ4v) is 4.06. The number of amides is 2. The van der Waals surface area contributed by atoms with Crippen molar-refractivity contribution in [3.8, 4) is 11.3 Å². The van der Waals surface area contributed by atoms with E-state index in [1.54, 1.807) is 17.9 Å². The second kappa shape index (κ2) is 9.16. The largest absolute Gasteiger partial charge is 0.378 e. The molecule has 3 heterocycles. The molecule has 4 rings (SSSR count). The van der Waals surface area contributed by atoms with Crippen LogP contribution in [0.2, 0.25) is 5.02 Å². The van der Waals surface area contributed by atoms with Gasteiger partial charge in [-0.15, -0.1) is 0 Å². The van der Waals surface area contributed by atoms with Gasteiger partial charge in [0.25, 0.3) is 5.91 Å². The number of aromatic nitrogens is 1. The maximum atomic E-state index is 13.2. The number of benzene rings is 1. The number of nitrogens with zero attached hydrogens (tertiary/aromatic N) is 4. The maximum Gasteiger partial charge on any atom is 0.259 e. The number of carbonyl (C=O) groups excluding carboxylic acids is 2. The van der Waals surface area contributed by atoms with Crippen molar-refractivity contribution in [1.82, 2.24) is 19.9 Å². The number of hydrogen-bond donors (Lipinski definition) is 0. The third kappa shape index (κ3) is 4.35. The van der Waals surface area contributed by atoms with Crippen LogP contribution in [0.1, 0.15) is 16.1 Å². The Hall–Kier alpha value is -2.42. The molecule has 1 aromatic heterocycles. The third-order valence-corrected chi connectivity index (χ3v) is 5.92. The van der Waals surface area contributed by atoms with E-state index in [0.717, 1.165) is 0 Å². The first kappa shape index (κ1) is 20.8. The van der Waals surface area contributed by atoms with Gasteiger partial charge in [-0.2, -0.15) is 0 Å². The van der Waals surface area contributed by atoms with E-state index < -0.39 is 0 Å². The van der Waals surface area contributed by atoms with E-state index in [9.17, 15) is 9.59 Å². The summed E-state index contributed by atoms with van der Waals surface area (Å²) in [4.78, 5) is 31.4. The van der Waals surface area contributed by atoms with E-state index >= 15 is 0 Å². The van der Waals surface area contributed by atoms with Gasteiger partial charge in [-0.25, -0.2) is 0 Å². The number of aryl methyl sites for hydroxylation is 1. The van der Waals surface area contributed by atoms with E-state index in [1.165, 1.54) is 0 Å². The van der Waals surface area contributed by atoms with E-state index in [-0.39, 0.29) is 11.8 Å². The lowest BCUT2D eigenvalue weighted by Crippen LogP contribution is -2.52. The molecule has 0 saturated carbocycles. The Morgan fingerprint density at radius 1 is 1.03 bits per heavy atom. The smallest absolute Gasteiger partial charge is 0.259 e. The molecule has 0 radical (unpaired) electrons. The molecule has 0 atom stereocenters. The van der Waals surface area contributed by atoms with Gasteiger partial charge in [0.15, 0.2) is 0 Å². The van der Waals surface area contributed by atoms with Gasteiger partial charge in [-0.05, 0) is 13.0 Å². The molecule has 1 aromatic carbocycles. The highest BCUT2D eigenvalue weighted by Crippen LogP contribution is 2.31. The Kier molecular flexibility index (Phi) is 6.36. The van der Waals surface area contributed by atoms with Gasteiger partial charge in [0.2, 0.25) is 5.91 Å². The van der Waals surface area contributed by atoms with Crippen LogP contribution in [0, 0.1) is 6.92 Å². The Labute approximate surface area is 180 Å². The number of morpholine rings is 1. The van der Waals surface area contributed by atoms with Crippen LogP contribution < -0.4 is 0 Å². The van der Waals surface area contributed by atoms with Gasteiger partial charge in [0.1, 0.15) is 17.0 Å². The number of ether oxygens (including phenoxy) is 1. The van der Waals surface area contributed by atoms with E-state index in [1.807, 2.05) is 23.1 Å². The molecule has 2 aliphatic rings. The monoisotopic (exact) mass is 432 g/mol. The molecule has 2 amide bonds. The number of piperazine rings is 1. The molecule has 0 N–H and O–H groups in total. The summed E-state index contributed by atoms with van der Waals surface area (Å²) in [7, 11) is 0. The van der Waals surface area contributed by atoms with Crippen LogP contribution >= 0.6 is 11.6 Å². The Balaban J connectivity index is 1.40. The topological polar surface area (TPSA) is 79.1 Å². The summed E-state index contributed by atoms with van der Waals surface area (Å²) >= 11 is 6.31. The Bertz CT molecular complexity index is 917. The second-order valence-corrected chi connectivity index (χ2v) is 7.91. The fourth-order valence-electron chi connectivity index (χ4n) is 3.83. The van der Waals surface area contributed by atoms with Gasteiger partial charge in [0.05, 0.1) is 24.8 Å². The molecule has 2 aliphatic heterocycles. The van der Waals surface area contributed by atoms with Gasteiger partial charge < -0.3 is 19.1 Å². The summed E-state index contributed by atoms with van der Waals surface area (Å²) in [6, 6.07) is 7.27. The van der Waals surface area contributed by atoms with Crippen molar-refractivity contribution in [2.24, 2.45) is 0 Å². The predicted octanol–water partition coefficient (Wildman–Crippen LogP) is 1.92. The lowest BCUT2D eigenvalue weighted by molar-refractivity contribution is -0.136. The van der Waals surface area contributed by atoms with Crippen molar-refractivity contribution >= 4 is 23.4 Å². The molecule has 8 nitrogen and oxygen atoms in total. The molecular weight excluding hydrogens is 408 g/mol. The van der Waals surface area contributed by atoms with Crippen LogP contribution in [0.3, 0.4) is 0 Å². The fraction of sp³-hybridized carbons (Fsp3) is 0.476. The van der Waals surface area contributed by atoms with Crippen LogP contribution in [0.15, 0.2) is 28.8 Å². The average molecular weight is 433 g/mol. The van der Waals surface area contributed by atoms with Crippen LogP contribution in [0.5, 0.6) is 0 Å². The van der Waals surface area contributed by atoms with E-state index in [2.05, 4.69) is 10.1 Å². The maximum absolute atomic E-state index is 13.2. The number of rotatable bonds is 4. The van der Waals surface area contributed by atoms with Crippen molar-refractivity contribution in [3.63, 3.8) is 0 Å². The van der Waals surface area contributed by atoms with Crippen molar-refractivity contribution in [1.29, 1.82) is 0 Å². The molecule has 0 bridgehead atoms. The second-order valence-electron chi connectivity index (χ2n) is 7.50. The van der Waals surface area contributed by atoms with Gasteiger partial charge in [-0.3, -0.25) is 14.5 Å². The minimum absolute atomic E-state index is 0.119. The molecule has 30 heavy (non-hydrogen) atoms. The van der Waals surface area contributed by atoms with Crippen molar-refractivity contribution in [2.75, 3.05) is 59.0 Å². The highest BCUT2D eigenvalue weighted by Gasteiger charge is 2.30. The normalized spacial score (nSPS) is 17.9. The Morgan fingerprint density at radius 3 is 2.43 bits per heavy atom. The Morgan fingerprint density at radius 2 is 1.73 bits per heavy atom. The minimum atomic E-state index is -0.122. The first-order valence-corrected chi connectivity index (χ1v) is 10.5. The highest BCUT2D eigenvalue weighted by atomic mass is 35.5. The van der Waals surface area contributed by atoms with E-state index in [0.29, 0.717) is 86.6 Å². The predicted molar refractivity (Wildman–Crippen MR) is 111 cm³/mol. The molecule has 0 aliphatic carbocycles. The lowest BCUT2D eigenvalue weighted by Gasteiger charge is -2.36. The molecule has 0 spiro atoms. The quantitative estimate of drug-likeness (QED) is 0.734. The summed E-state index contributed by atoms with van der Waals surface area (Å²) in [5.41, 5.74) is 1.59. The summed E-state index contributed by atoms with van der Waals surface area (Å²) in [5.74, 6) is 0.469. The summed E-state index contributed by atoms with van der Waals surface area (Å²) in [6.45, 7) is 6.98. The number of hydrogen-bond acceptors (Lipinski definition) is 6. The molecule has 2 saturated heterocycles. The molecule has 2 fully saturated rings. The van der Waals surface area contributed by atoms with Crippen LogP contribution in [-0.4, -0.2) is 90.7 Å². The zero-order chi connectivity index (χ0) is 21.1. The zero-order valence-electron chi connectivity index (χ0n) is 17.0. The van der Waals surface area contributed by atoms with Crippen molar-refractivity contribution in [2.45, 2.75) is 6.92 Å². The van der Waals surface area contributed by atoms with Crippen molar-refractivity contribution < 1.29 is 18.8 Å². The molecular formula is C21H25ClN4O4.